The number of carbonyl (C=O) groups excluding carboxylic acids is 2. The molecule has 2 amide bonds. The number of hydrogen-bond acceptors (Lipinski definition) is 3. The maximum atomic E-state index is 12.4. The van der Waals surface area contributed by atoms with E-state index in [4.69, 9.17) is 4.74 Å². The summed E-state index contributed by atoms with van der Waals surface area (Å²) in [4.78, 5) is 24.8. The van der Waals surface area contributed by atoms with Gasteiger partial charge in [0.2, 0.25) is 11.8 Å². The molecule has 0 bridgehead atoms. The fraction of sp³-hybridized carbons (Fsp3) is 0.300. The summed E-state index contributed by atoms with van der Waals surface area (Å²) >= 11 is 0. The summed E-state index contributed by atoms with van der Waals surface area (Å²) in [6.07, 6.45) is 0.687. The maximum absolute atomic E-state index is 12.4. The van der Waals surface area contributed by atoms with Gasteiger partial charge in [0, 0.05) is 12.2 Å². The fourth-order valence-electron chi connectivity index (χ4n) is 2.25. The van der Waals surface area contributed by atoms with Gasteiger partial charge in [-0.3, -0.25) is 9.59 Å². The summed E-state index contributed by atoms with van der Waals surface area (Å²) in [5, 5.41) is 5.61. The van der Waals surface area contributed by atoms with E-state index in [0.717, 1.165) is 11.3 Å². The molecular weight excluding hydrogens is 316 g/mol. The van der Waals surface area contributed by atoms with Crippen LogP contribution in [0.2, 0.25) is 0 Å². The zero-order chi connectivity index (χ0) is 18.3. The maximum Gasteiger partial charge on any atom is 0.239 e. The van der Waals surface area contributed by atoms with Gasteiger partial charge in [-0.2, -0.15) is 0 Å². The lowest BCUT2D eigenvalue weighted by Gasteiger charge is -2.22. The monoisotopic (exact) mass is 340 g/mol. The first kappa shape index (κ1) is 18.5. The minimum absolute atomic E-state index is 0.297. The van der Waals surface area contributed by atoms with Gasteiger partial charge in [0.15, 0.2) is 0 Å². The Morgan fingerprint density at radius 1 is 0.960 bits per heavy atom. The van der Waals surface area contributed by atoms with Crippen LogP contribution in [0.3, 0.4) is 0 Å². The molecule has 2 aromatic carbocycles. The molecule has 0 aliphatic rings. The fourth-order valence-corrected chi connectivity index (χ4v) is 2.25. The van der Waals surface area contributed by atoms with Crippen molar-refractivity contribution < 1.29 is 14.3 Å². The molecule has 25 heavy (non-hydrogen) atoms. The van der Waals surface area contributed by atoms with Crippen molar-refractivity contribution in [1.82, 2.24) is 5.32 Å². The Labute approximate surface area is 148 Å². The standard InChI is InChI=1S/C20H24N2O3/c1-20(2,19(24)22-16-7-5-4-6-8-16)18(23)21-14-13-15-9-11-17(25-3)12-10-15/h4-12H,13-14H2,1-3H3,(H,21,23)(H,22,24). The van der Waals surface area contributed by atoms with Gasteiger partial charge in [0.1, 0.15) is 11.2 Å². The van der Waals surface area contributed by atoms with Gasteiger partial charge in [-0.05, 0) is 50.1 Å². The molecule has 2 N–H and O–H groups in total. The molecule has 0 heterocycles. The van der Waals surface area contributed by atoms with Gasteiger partial charge in [-0.15, -0.1) is 0 Å². The van der Waals surface area contributed by atoms with E-state index in [9.17, 15) is 9.59 Å². The van der Waals surface area contributed by atoms with Crippen molar-refractivity contribution in [3.8, 4) is 5.75 Å². The van der Waals surface area contributed by atoms with Crippen LogP contribution in [0, 0.1) is 5.41 Å². The molecule has 2 aromatic rings. The van der Waals surface area contributed by atoms with E-state index in [1.165, 1.54) is 0 Å². The Morgan fingerprint density at radius 2 is 1.60 bits per heavy atom. The predicted octanol–water partition coefficient (Wildman–Crippen LogP) is 3.02. The lowest BCUT2D eigenvalue weighted by atomic mass is 9.91. The molecule has 0 unspecified atom stereocenters. The second-order valence-corrected chi connectivity index (χ2v) is 6.30. The second kappa shape index (κ2) is 8.33. The van der Waals surface area contributed by atoms with Crippen LogP contribution in [-0.2, 0) is 16.0 Å². The number of benzene rings is 2. The van der Waals surface area contributed by atoms with Crippen LogP contribution in [0.1, 0.15) is 19.4 Å². The molecule has 0 saturated heterocycles. The highest BCUT2D eigenvalue weighted by Crippen LogP contribution is 2.19. The number of para-hydroxylation sites is 1. The minimum atomic E-state index is -1.16. The van der Waals surface area contributed by atoms with Crippen molar-refractivity contribution >= 4 is 17.5 Å². The van der Waals surface area contributed by atoms with Crippen LogP contribution in [0.15, 0.2) is 54.6 Å². The second-order valence-electron chi connectivity index (χ2n) is 6.30. The Kier molecular flexibility index (Phi) is 6.17. The van der Waals surface area contributed by atoms with Crippen LogP contribution in [0.5, 0.6) is 5.75 Å². The average Bonchev–Trinajstić information content (AvgIpc) is 2.63. The Hall–Kier alpha value is -2.82. The van der Waals surface area contributed by atoms with E-state index < -0.39 is 5.41 Å². The van der Waals surface area contributed by atoms with Crippen LogP contribution < -0.4 is 15.4 Å². The van der Waals surface area contributed by atoms with Crippen molar-refractivity contribution in [2.75, 3.05) is 19.0 Å². The summed E-state index contributed by atoms with van der Waals surface area (Å²) < 4.78 is 5.12. The van der Waals surface area contributed by atoms with Gasteiger partial charge < -0.3 is 15.4 Å². The Bertz CT molecular complexity index is 709. The molecule has 0 spiro atoms. The highest BCUT2D eigenvalue weighted by Gasteiger charge is 2.35. The van der Waals surface area contributed by atoms with Crippen LogP contribution in [0.25, 0.3) is 0 Å². The number of ether oxygens (including phenoxy) is 1. The van der Waals surface area contributed by atoms with E-state index in [2.05, 4.69) is 10.6 Å². The third kappa shape index (κ3) is 5.08. The summed E-state index contributed by atoms with van der Waals surface area (Å²) in [5.41, 5.74) is 0.606. The largest absolute Gasteiger partial charge is 0.497 e. The van der Waals surface area contributed by atoms with Crippen LogP contribution >= 0.6 is 0 Å². The quantitative estimate of drug-likeness (QED) is 0.761. The number of amides is 2. The highest BCUT2D eigenvalue weighted by atomic mass is 16.5. The molecule has 0 aromatic heterocycles. The highest BCUT2D eigenvalue weighted by molar-refractivity contribution is 6.09. The van der Waals surface area contributed by atoms with E-state index >= 15 is 0 Å². The van der Waals surface area contributed by atoms with E-state index in [0.29, 0.717) is 18.7 Å². The lowest BCUT2D eigenvalue weighted by Crippen LogP contribution is -2.45. The lowest BCUT2D eigenvalue weighted by molar-refractivity contribution is -0.138. The summed E-state index contributed by atoms with van der Waals surface area (Å²) in [6, 6.07) is 16.8. The van der Waals surface area contributed by atoms with Crippen molar-refractivity contribution in [2.24, 2.45) is 5.41 Å². The Morgan fingerprint density at radius 3 is 2.20 bits per heavy atom. The molecule has 0 atom stereocenters. The van der Waals surface area contributed by atoms with Crippen molar-refractivity contribution in [3.05, 3.63) is 60.2 Å². The smallest absolute Gasteiger partial charge is 0.239 e. The molecule has 5 nitrogen and oxygen atoms in total. The van der Waals surface area contributed by atoms with Gasteiger partial charge in [-0.25, -0.2) is 0 Å². The average molecular weight is 340 g/mol. The predicted molar refractivity (Wildman–Crippen MR) is 98.6 cm³/mol. The van der Waals surface area contributed by atoms with Gasteiger partial charge in [0.05, 0.1) is 7.11 Å². The summed E-state index contributed by atoms with van der Waals surface area (Å²) in [5.74, 6) is 0.168. The summed E-state index contributed by atoms with van der Waals surface area (Å²) in [7, 11) is 1.62. The number of nitrogens with one attached hydrogen (secondary N) is 2. The number of anilines is 1. The van der Waals surface area contributed by atoms with E-state index in [1.807, 2.05) is 42.5 Å². The molecule has 132 valence electrons. The van der Waals surface area contributed by atoms with Gasteiger partial charge in [0.25, 0.3) is 0 Å². The number of rotatable bonds is 7. The zero-order valence-electron chi connectivity index (χ0n) is 14.8. The third-order valence-electron chi connectivity index (χ3n) is 4.03. The summed E-state index contributed by atoms with van der Waals surface area (Å²) in [6.45, 7) is 3.70. The van der Waals surface area contributed by atoms with Crippen molar-refractivity contribution in [2.45, 2.75) is 20.3 Å². The Balaban J connectivity index is 1.86. The molecule has 5 heteroatoms. The molecule has 0 aliphatic heterocycles. The van der Waals surface area contributed by atoms with Crippen LogP contribution in [0.4, 0.5) is 5.69 Å². The normalized spacial score (nSPS) is 10.8. The van der Waals surface area contributed by atoms with Gasteiger partial charge >= 0.3 is 0 Å². The topological polar surface area (TPSA) is 67.4 Å². The molecule has 0 radical (unpaired) electrons. The van der Waals surface area contributed by atoms with Crippen molar-refractivity contribution in [1.29, 1.82) is 0 Å². The van der Waals surface area contributed by atoms with Crippen molar-refractivity contribution in [3.63, 3.8) is 0 Å². The molecule has 0 saturated carbocycles. The first-order valence-corrected chi connectivity index (χ1v) is 8.21. The van der Waals surface area contributed by atoms with Crippen LogP contribution in [-0.4, -0.2) is 25.5 Å². The van der Waals surface area contributed by atoms with Gasteiger partial charge in [-0.1, -0.05) is 30.3 Å². The number of carbonyl (C=O) groups is 2. The van der Waals surface area contributed by atoms with E-state index in [1.54, 1.807) is 33.1 Å². The molecule has 2 rings (SSSR count). The SMILES string of the molecule is COc1ccc(CCNC(=O)C(C)(C)C(=O)Nc2ccccc2)cc1. The minimum Gasteiger partial charge on any atom is -0.497 e. The molecular formula is C20H24N2O3. The first-order chi connectivity index (χ1) is 11.9. The molecule has 0 aliphatic carbocycles. The van der Waals surface area contributed by atoms with E-state index in [-0.39, 0.29) is 11.8 Å². The first-order valence-electron chi connectivity index (χ1n) is 8.21. The molecule has 0 fully saturated rings. The number of methoxy groups -OCH3 is 1. The number of hydrogen-bond donors (Lipinski definition) is 2. The third-order valence-corrected chi connectivity index (χ3v) is 4.03. The zero-order valence-corrected chi connectivity index (χ0v) is 14.8.